The zero-order chi connectivity index (χ0) is 20.2. The smallest absolute Gasteiger partial charge is 0.337 e. The van der Waals surface area contributed by atoms with E-state index in [0.29, 0.717) is 22.0 Å². The molecule has 0 spiro atoms. The van der Waals surface area contributed by atoms with E-state index < -0.39 is 14.3 Å². The molecule has 4 nitrogen and oxygen atoms in total. The molecule has 2 rings (SSSR count). The lowest BCUT2D eigenvalue weighted by Crippen LogP contribution is -2.43. The van der Waals surface area contributed by atoms with E-state index in [9.17, 15) is 4.79 Å². The minimum atomic E-state index is -2.10. The van der Waals surface area contributed by atoms with Crippen molar-refractivity contribution in [3.8, 4) is 5.75 Å². The third-order valence-electron chi connectivity index (χ3n) is 4.77. The molecule has 2 aromatic rings. The molecular formula is C21H26ClNO3Si. The predicted molar refractivity (Wildman–Crippen MR) is 114 cm³/mol. The number of hydrogen-bond acceptors (Lipinski definition) is 4. The van der Waals surface area contributed by atoms with Gasteiger partial charge in [0.05, 0.1) is 12.7 Å². The Morgan fingerprint density at radius 2 is 1.74 bits per heavy atom. The molecule has 2 aromatic carbocycles. The normalized spacial score (nSPS) is 12.3. The highest BCUT2D eigenvalue weighted by molar-refractivity contribution is 6.74. The Bertz CT molecular complexity index is 839. The van der Waals surface area contributed by atoms with E-state index in [4.69, 9.17) is 20.8 Å². The maximum absolute atomic E-state index is 11.9. The van der Waals surface area contributed by atoms with Crippen molar-refractivity contribution in [3.63, 3.8) is 0 Å². The molecule has 0 bridgehead atoms. The van der Waals surface area contributed by atoms with Crippen LogP contribution in [0.2, 0.25) is 23.2 Å². The van der Waals surface area contributed by atoms with E-state index in [0.717, 1.165) is 5.56 Å². The third kappa shape index (κ3) is 5.43. The second-order valence-electron chi connectivity index (χ2n) is 7.85. The fourth-order valence-corrected chi connectivity index (χ4v) is 3.21. The molecule has 0 aliphatic heterocycles. The molecule has 6 heteroatoms. The van der Waals surface area contributed by atoms with Crippen LogP contribution in [0, 0.1) is 0 Å². The summed E-state index contributed by atoms with van der Waals surface area (Å²) < 4.78 is 11.3. The van der Waals surface area contributed by atoms with Crippen LogP contribution in [0.3, 0.4) is 0 Å². The van der Waals surface area contributed by atoms with Crippen LogP contribution in [0.15, 0.2) is 47.5 Å². The fraction of sp³-hybridized carbons (Fsp3) is 0.333. The molecule has 0 aliphatic rings. The zero-order valence-electron chi connectivity index (χ0n) is 16.7. The van der Waals surface area contributed by atoms with Crippen molar-refractivity contribution in [2.24, 2.45) is 4.99 Å². The third-order valence-corrected chi connectivity index (χ3v) is 9.37. The van der Waals surface area contributed by atoms with Crippen LogP contribution in [0.5, 0.6) is 5.75 Å². The highest BCUT2D eigenvalue weighted by Crippen LogP contribution is 2.40. The second-order valence-corrected chi connectivity index (χ2v) is 13.0. The van der Waals surface area contributed by atoms with Crippen molar-refractivity contribution < 1.29 is 14.0 Å². The number of aliphatic imine (C=N–C) groups is 1. The molecule has 0 saturated heterocycles. The van der Waals surface area contributed by atoms with Gasteiger partial charge in [0, 0.05) is 11.2 Å². The molecule has 0 fully saturated rings. The van der Waals surface area contributed by atoms with Crippen molar-refractivity contribution in [2.45, 2.75) is 38.9 Å². The Morgan fingerprint density at radius 1 is 1.11 bits per heavy atom. The molecule has 144 valence electrons. The quantitative estimate of drug-likeness (QED) is 0.336. The molecular weight excluding hydrogens is 378 g/mol. The highest BCUT2D eigenvalue weighted by Gasteiger charge is 2.39. The standard InChI is InChI=1S/C21H26ClNO3Si/c1-21(2,3)27(5,6)26-19-13-16(20(24)25-4)9-12-18(19)23-14-15-7-10-17(22)11-8-15/h7-14H,1-6H3/b23-14+. The number of hydrogen-bond donors (Lipinski definition) is 0. The molecule has 0 amide bonds. The largest absolute Gasteiger partial charge is 0.542 e. The van der Waals surface area contributed by atoms with Gasteiger partial charge in [0.15, 0.2) is 0 Å². The first-order valence-electron chi connectivity index (χ1n) is 8.74. The summed E-state index contributed by atoms with van der Waals surface area (Å²) in [4.78, 5) is 16.5. The predicted octanol–water partition coefficient (Wildman–Crippen LogP) is 6.26. The Labute approximate surface area is 167 Å². The fourth-order valence-electron chi connectivity index (χ4n) is 2.07. The van der Waals surface area contributed by atoms with Gasteiger partial charge >= 0.3 is 5.97 Å². The Kier molecular flexibility index (Phi) is 6.49. The van der Waals surface area contributed by atoms with Gasteiger partial charge in [-0.25, -0.2) is 4.79 Å². The van der Waals surface area contributed by atoms with Crippen LogP contribution in [-0.4, -0.2) is 27.6 Å². The van der Waals surface area contributed by atoms with Crippen LogP contribution in [-0.2, 0) is 4.74 Å². The number of methoxy groups -OCH3 is 1. The van der Waals surface area contributed by atoms with E-state index >= 15 is 0 Å². The van der Waals surface area contributed by atoms with E-state index in [1.165, 1.54) is 7.11 Å². The van der Waals surface area contributed by atoms with Gasteiger partial charge in [-0.15, -0.1) is 0 Å². The summed E-state index contributed by atoms with van der Waals surface area (Å²) in [6.45, 7) is 10.8. The summed E-state index contributed by atoms with van der Waals surface area (Å²) >= 11 is 5.93. The lowest BCUT2D eigenvalue weighted by molar-refractivity contribution is 0.0600. The SMILES string of the molecule is COC(=O)c1ccc(/N=C/c2ccc(Cl)cc2)c(O[Si](C)(C)C(C)(C)C)c1. The van der Waals surface area contributed by atoms with Crippen molar-refractivity contribution in [1.29, 1.82) is 0 Å². The Hall–Kier alpha value is -2.11. The number of halogens is 1. The maximum Gasteiger partial charge on any atom is 0.337 e. The molecule has 0 unspecified atom stereocenters. The lowest BCUT2D eigenvalue weighted by Gasteiger charge is -2.36. The lowest BCUT2D eigenvalue weighted by atomic mass is 10.2. The van der Waals surface area contributed by atoms with Crippen molar-refractivity contribution in [3.05, 3.63) is 58.6 Å². The summed E-state index contributed by atoms with van der Waals surface area (Å²) in [5, 5.41) is 0.697. The monoisotopic (exact) mass is 403 g/mol. The maximum atomic E-state index is 11.9. The van der Waals surface area contributed by atoms with E-state index in [1.807, 2.05) is 24.3 Å². The molecule has 0 radical (unpaired) electrons. The summed E-state index contributed by atoms with van der Waals surface area (Å²) in [6, 6.07) is 12.6. The van der Waals surface area contributed by atoms with Crippen LogP contribution in [0.25, 0.3) is 0 Å². The summed E-state index contributed by atoms with van der Waals surface area (Å²) in [5.74, 6) is 0.193. The van der Waals surface area contributed by atoms with Gasteiger partial charge in [-0.1, -0.05) is 44.5 Å². The minimum Gasteiger partial charge on any atom is -0.542 e. The molecule has 0 N–H and O–H groups in total. The first-order chi connectivity index (χ1) is 12.5. The average Bonchev–Trinajstić information content (AvgIpc) is 2.60. The zero-order valence-corrected chi connectivity index (χ0v) is 18.4. The van der Waals surface area contributed by atoms with Crippen molar-refractivity contribution in [1.82, 2.24) is 0 Å². The Morgan fingerprint density at radius 3 is 2.30 bits per heavy atom. The molecule has 27 heavy (non-hydrogen) atoms. The van der Waals surface area contributed by atoms with E-state index in [2.05, 4.69) is 38.9 Å². The van der Waals surface area contributed by atoms with Gasteiger partial charge in [-0.2, -0.15) is 0 Å². The minimum absolute atomic E-state index is 0.0193. The van der Waals surface area contributed by atoms with Crippen molar-refractivity contribution >= 4 is 37.8 Å². The first kappa shape index (κ1) is 21.2. The Balaban J connectivity index is 2.43. The summed E-state index contributed by atoms with van der Waals surface area (Å²) in [6.07, 6.45) is 1.75. The molecule has 0 aromatic heterocycles. The van der Waals surface area contributed by atoms with Gasteiger partial charge in [0.25, 0.3) is 8.32 Å². The summed E-state index contributed by atoms with van der Waals surface area (Å²) in [7, 11) is -0.740. The highest BCUT2D eigenvalue weighted by atomic mass is 35.5. The van der Waals surface area contributed by atoms with Gasteiger partial charge in [-0.05, 0) is 54.0 Å². The number of carbonyl (C=O) groups is 1. The number of nitrogens with zero attached hydrogens (tertiary/aromatic N) is 1. The van der Waals surface area contributed by atoms with Crippen LogP contribution < -0.4 is 4.43 Å². The number of rotatable bonds is 5. The van der Waals surface area contributed by atoms with E-state index in [1.54, 1.807) is 24.4 Å². The molecule has 0 heterocycles. The number of ether oxygens (including phenoxy) is 1. The van der Waals surface area contributed by atoms with Gasteiger partial charge in [0.2, 0.25) is 0 Å². The summed E-state index contributed by atoms with van der Waals surface area (Å²) in [5.41, 5.74) is 2.04. The van der Waals surface area contributed by atoms with Gasteiger partial charge < -0.3 is 9.16 Å². The van der Waals surface area contributed by atoms with Crippen LogP contribution in [0.1, 0.15) is 36.7 Å². The molecule has 0 saturated carbocycles. The number of carbonyl (C=O) groups excluding carboxylic acids is 1. The first-order valence-corrected chi connectivity index (χ1v) is 12.0. The topological polar surface area (TPSA) is 47.9 Å². The number of esters is 1. The van der Waals surface area contributed by atoms with Crippen LogP contribution >= 0.6 is 11.6 Å². The van der Waals surface area contributed by atoms with Crippen LogP contribution in [0.4, 0.5) is 5.69 Å². The molecule has 0 atom stereocenters. The second kappa shape index (κ2) is 8.27. The number of benzene rings is 2. The average molecular weight is 404 g/mol. The van der Waals surface area contributed by atoms with Gasteiger partial charge in [0.1, 0.15) is 11.4 Å². The van der Waals surface area contributed by atoms with E-state index in [-0.39, 0.29) is 5.04 Å². The van der Waals surface area contributed by atoms with Gasteiger partial charge in [-0.3, -0.25) is 4.99 Å². The van der Waals surface area contributed by atoms with Crippen molar-refractivity contribution in [2.75, 3.05) is 7.11 Å². The molecule has 0 aliphatic carbocycles.